The number of furan rings is 1. The number of rotatable bonds is 7. The molecule has 0 spiro atoms. The molecular formula is C24H22N2O5S. The maximum absolute atomic E-state index is 11.5. The fraction of sp³-hybridized carbons (Fsp3) is 0.292. The Morgan fingerprint density at radius 2 is 2.03 bits per heavy atom. The molecule has 0 N–H and O–H groups in total. The van der Waals surface area contributed by atoms with E-state index in [2.05, 4.69) is 20.7 Å². The second-order valence-electron chi connectivity index (χ2n) is 7.97. The van der Waals surface area contributed by atoms with E-state index in [4.69, 9.17) is 9.15 Å². The fourth-order valence-corrected chi connectivity index (χ4v) is 4.94. The average molecular weight is 451 g/mol. The molecule has 5 rings (SSSR count). The van der Waals surface area contributed by atoms with Gasteiger partial charge in [-0.3, -0.25) is 14.5 Å². The Balaban J connectivity index is 1.21. The van der Waals surface area contributed by atoms with E-state index >= 15 is 0 Å². The van der Waals surface area contributed by atoms with E-state index in [-0.39, 0.29) is 12.4 Å². The number of carbonyl (C=O) groups is 2. The molecule has 1 fully saturated rings. The number of hydrogen-bond acceptors (Lipinski definition) is 8. The van der Waals surface area contributed by atoms with Crippen LogP contribution in [0.2, 0.25) is 0 Å². The highest BCUT2D eigenvalue weighted by molar-refractivity contribution is 7.20. The van der Waals surface area contributed by atoms with Gasteiger partial charge in [-0.15, -0.1) is 0 Å². The van der Waals surface area contributed by atoms with Crippen LogP contribution in [0.3, 0.4) is 0 Å². The zero-order chi connectivity index (χ0) is 21.9. The Bertz CT molecular complexity index is 1220. The molecule has 0 radical (unpaired) electrons. The summed E-state index contributed by atoms with van der Waals surface area (Å²) in [6.45, 7) is 2.67. The summed E-state index contributed by atoms with van der Waals surface area (Å²) in [5, 5.41) is 1.64. The summed E-state index contributed by atoms with van der Waals surface area (Å²) in [7, 11) is 0. The summed E-state index contributed by atoms with van der Waals surface area (Å²) in [4.78, 5) is 28.6. The first kappa shape index (κ1) is 20.7. The van der Waals surface area contributed by atoms with Crippen molar-refractivity contribution in [1.82, 2.24) is 9.88 Å². The standard InChI is InChI=1S/C24H22N2O5S/c27-15-29-23(28)11-16-7-9-26(10-8-16)14-19-12-17-5-6-18(13-21(17)30-19)31-24-25-20-3-1-2-4-22(20)32-24/h1-6,12-13,15-16H,7-11,14H2. The molecule has 0 unspecified atom stereocenters. The van der Waals surface area contributed by atoms with Crippen LogP contribution in [0.1, 0.15) is 25.0 Å². The van der Waals surface area contributed by atoms with Crippen molar-refractivity contribution in [2.45, 2.75) is 25.8 Å². The van der Waals surface area contributed by atoms with E-state index in [1.807, 2.05) is 42.5 Å². The van der Waals surface area contributed by atoms with Gasteiger partial charge in [-0.05, 0) is 62.2 Å². The largest absolute Gasteiger partial charge is 0.460 e. The van der Waals surface area contributed by atoms with Crippen LogP contribution in [0.25, 0.3) is 21.2 Å². The van der Waals surface area contributed by atoms with Gasteiger partial charge in [0.15, 0.2) is 0 Å². The van der Waals surface area contributed by atoms with Crippen molar-refractivity contribution in [2.24, 2.45) is 5.92 Å². The molecule has 0 amide bonds. The smallest absolute Gasteiger partial charge is 0.313 e. The molecule has 7 nitrogen and oxygen atoms in total. The van der Waals surface area contributed by atoms with E-state index < -0.39 is 5.97 Å². The summed E-state index contributed by atoms with van der Waals surface area (Å²) in [6.07, 6.45) is 2.09. The van der Waals surface area contributed by atoms with Crippen LogP contribution >= 0.6 is 11.3 Å². The molecule has 1 aliphatic heterocycles. The van der Waals surface area contributed by atoms with E-state index in [1.54, 1.807) is 0 Å². The van der Waals surface area contributed by atoms with Crippen LogP contribution in [0, 0.1) is 5.92 Å². The summed E-state index contributed by atoms with van der Waals surface area (Å²) in [6, 6.07) is 15.8. The number of ether oxygens (including phenoxy) is 2. The minimum Gasteiger partial charge on any atom is -0.460 e. The molecule has 0 aliphatic carbocycles. The Morgan fingerprint density at radius 3 is 2.84 bits per heavy atom. The van der Waals surface area contributed by atoms with E-state index in [9.17, 15) is 9.59 Å². The van der Waals surface area contributed by atoms with Gasteiger partial charge in [0.25, 0.3) is 5.19 Å². The van der Waals surface area contributed by atoms with Gasteiger partial charge in [-0.2, -0.15) is 0 Å². The van der Waals surface area contributed by atoms with Crippen molar-refractivity contribution in [3.8, 4) is 10.9 Å². The number of nitrogens with zero attached hydrogens (tertiary/aromatic N) is 2. The van der Waals surface area contributed by atoms with Crippen molar-refractivity contribution in [3.05, 3.63) is 54.3 Å². The molecule has 1 aliphatic rings. The van der Waals surface area contributed by atoms with Gasteiger partial charge in [0.1, 0.15) is 17.1 Å². The molecule has 0 atom stereocenters. The number of benzene rings is 2. The molecule has 3 heterocycles. The Labute approximate surface area is 188 Å². The van der Waals surface area contributed by atoms with Gasteiger partial charge in [-0.1, -0.05) is 23.5 Å². The molecule has 0 bridgehead atoms. The van der Waals surface area contributed by atoms with Crippen LogP contribution < -0.4 is 4.74 Å². The summed E-state index contributed by atoms with van der Waals surface area (Å²) < 4.78 is 17.5. The zero-order valence-electron chi connectivity index (χ0n) is 17.4. The van der Waals surface area contributed by atoms with Gasteiger partial charge >= 0.3 is 12.4 Å². The Hall–Kier alpha value is -3.23. The molecule has 2 aromatic heterocycles. The number of thiazole rings is 1. The van der Waals surface area contributed by atoms with Gasteiger partial charge in [-0.25, -0.2) is 4.98 Å². The average Bonchev–Trinajstić information content (AvgIpc) is 3.37. The number of carbonyl (C=O) groups excluding carboxylic acids is 2. The minimum absolute atomic E-state index is 0.203. The second kappa shape index (κ2) is 9.10. The lowest BCUT2D eigenvalue weighted by molar-refractivity contribution is -0.152. The number of likely N-dealkylation sites (tertiary alicyclic amines) is 1. The van der Waals surface area contributed by atoms with Crippen molar-refractivity contribution < 1.29 is 23.5 Å². The van der Waals surface area contributed by atoms with Crippen LogP contribution in [0.15, 0.2) is 52.9 Å². The number of piperidine rings is 1. The predicted molar refractivity (Wildman–Crippen MR) is 121 cm³/mol. The maximum Gasteiger partial charge on any atom is 0.313 e. The summed E-state index contributed by atoms with van der Waals surface area (Å²) >= 11 is 1.52. The first-order valence-electron chi connectivity index (χ1n) is 10.6. The third-order valence-corrected chi connectivity index (χ3v) is 6.66. The molecule has 8 heteroatoms. The molecule has 164 valence electrons. The molecule has 4 aromatic rings. The van der Waals surface area contributed by atoms with Crippen LogP contribution in [0.5, 0.6) is 10.9 Å². The number of esters is 1. The van der Waals surface area contributed by atoms with Crippen molar-refractivity contribution in [3.63, 3.8) is 0 Å². The monoisotopic (exact) mass is 450 g/mol. The first-order chi connectivity index (χ1) is 15.7. The van der Waals surface area contributed by atoms with Crippen molar-refractivity contribution in [2.75, 3.05) is 13.1 Å². The number of aromatic nitrogens is 1. The number of hydrogen-bond donors (Lipinski definition) is 0. The van der Waals surface area contributed by atoms with Gasteiger partial charge in [0.05, 0.1) is 16.8 Å². The predicted octanol–water partition coefficient (Wildman–Crippen LogP) is 5.14. The van der Waals surface area contributed by atoms with Crippen LogP contribution in [-0.4, -0.2) is 35.4 Å². The highest BCUT2D eigenvalue weighted by atomic mass is 32.1. The third kappa shape index (κ3) is 4.66. The first-order valence-corrected chi connectivity index (χ1v) is 11.4. The molecular weight excluding hydrogens is 428 g/mol. The minimum atomic E-state index is -0.445. The summed E-state index contributed by atoms with van der Waals surface area (Å²) in [5.41, 5.74) is 1.71. The SMILES string of the molecule is O=COC(=O)CC1CCN(Cc2cc3ccc(Oc4nc5ccccc5s4)cc3o2)CC1. The van der Waals surface area contributed by atoms with Crippen LogP contribution in [0.4, 0.5) is 0 Å². The summed E-state index contributed by atoms with van der Waals surface area (Å²) in [5.74, 6) is 1.41. The second-order valence-corrected chi connectivity index (χ2v) is 8.96. The van der Waals surface area contributed by atoms with E-state index in [0.717, 1.165) is 52.9 Å². The quantitative estimate of drug-likeness (QED) is 0.219. The number of para-hydroxylation sites is 1. The normalized spacial score (nSPS) is 15.2. The van der Waals surface area contributed by atoms with E-state index in [1.165, 1.54) is 11.3 Å². The fourth-order valence-electron chi connectivity index (χ4n) is 4.11. The van der Waals surface area contributed by atoms with Gasteiger partial charge in [0.2, 0.25) is 0 Å². The molecule has 0 saturated carbocycles. The maximum atomic E-state index is 11.5. The molecule has 32 heavy (non-hydrogen) atoms. The Morgan fingerprint density at radius 1 is 1.19 bits per heavy atom. The number of fused-ring (bicyclic) bond motifs is 2. The van der Waals surface area contributed by atoms with E-state index in [0.29, 0.717) is 23.9 Å². The highest BCUT2D eigenvalue weighted by Gasteiger charge is 2.23. The van der Waals surface area contributed by atoms with Crippen molar-refractivity contribution in [1.29, 1.82) is 0 Å². The zero-order valence-corrected chi connectivity index (χ0v) is 18.2. The van der Waals surface area contributed by atoms with Crippen molar-refractivity contribution >= 4 is 45.0 Å². The third-order valence-electron chi connectivity index (χ3n) is 5.74. The lowest BCUT2D eigenvalue weighted by Crippen LogP contribution is -2.33. The van der Waals surface area contributed by atoms with Crippen LogP contribution in [-0.2, 0) is 20.9 Å². The highest BCUT2D eigenvalue weighted by Crippen LogP contribution is 2.33. The van der Waals surface area contributed by atoms with Gasteiger partial charge < -0.3 is 13.9 Å². The topological polar surface area (TPSA) is 81.9 Å². The lowest BCUT2D eigenvalue weighted by atomic mass is 9.93. The molecule has 1 saturated heterocycles. The lowest BCUT2D eigenvalue weighted by Gasteiger charge is -2.30. The Kier molecular flexibility index (Phi) is 5.87. The van der Waals surface area contributed by atoms with Gasteiger partial charge in [0, 0.05) is 17.9 Å². The molecule has 2 aromatic carbocycles.